The Labute approximate surface area is 155 Å². The molecular formula is C15H19ClF3N3O3S. The Hall–Kier alpha value is -1.39. The summed E-state index contributed by atoms with van der Waals surface area (Å²) in [4.78, 5) is 17.0. The lowest BCUT2D eigenvalue weighted by molar-refractivity contribution is -0.146. The topological polar surface area (TPSA) is 70.6 Å². The van der Waals surface area contributed by atoms with E-state index in [1.165, 1.54) is 29.7 Å². The Kier molecular flexibility index (Phi) is 6.51. The Morgan fingerprint density at radius 1 is 1.38 bits per heavy atom. The fourth-order valence-electron chi connectivity index (χ4n) is 2.76. The Morgan fingerprint density at radius 2 is 2.00 bits per heavy atom. The van der Waals surface area contributed by atoms with Crippen molar-refractivity contribution in [1.82, 2.24) is 14.2 Å². The van der Waals surface area contributed by atoms with Crippen molar-refractivity contribution in [3.05, 3.63) is 23.5 Å². The quantitative estimate of drug-likeness (QED) is 0.695. The highest BCUT2D eigenvalue weighted by Crippen LogP contribution is 2.28. The molecule has 0 N–H and O–H groups in total. The second kappa shape index (κ2) is 8.10. The molecule has 2 heterocycles. The van der Waals surface area contributed by atoms with E-state index >= 15 is 0 Å². The number of piperidine rings is 1. The lowest BCUT2D eigenvalue weighted by Crippen LogP contribution is -2.44. The number of pyridine rings is 1. The maximum atomic E-state index is 12.6. The van der Waals surface area contributed by atoms with Gasteiger partial charge in [0.25, 0.3) is 0 Å². The molecule has 0 atom stereocenters. The van der Waals surface area contributed by atoms with Crippen LogP contribution in [0.5, 0.6) is 0 Å². The zero-order valence-electron chi connectivity index (χ0n) is 14.0. The number of alkyl halides is 3. The molecule has 1 fully saturated rings. The zero-order chi connectivity index (χ0) is 19.5. The van der Waals surface area contributed by atoms with E-state index in [1.807, 2.05) is 0 Å². The summed E-state index contributed by atoms with van der Waals surface area (Å²) in [6.07, 6.45) is -3.53. The van der Waals surface area contributed by atoms with Crippen molar-refractivity contribution < 1.29 is 26.4 Å². The van der Waals surface area contributed by atoms with Crippen LogP contribution in [-0.4, -0.2) is 61.4 Å². The average Bonchev–Trinajstić information content (AvgIpc) is 2.58. The molecular weight excluding hydrogens is 395 g/mol. The molecule has 1 saturated heterocycles. The number of carbonyl (C=O) groups is 1. The molecule has 0 unspecified atom stereocenters. The standard InChI is InChI=1S/C15H19ClF3N3O3S/c1-21(10-6-15(17,18)19)14(23)11-4-8-22(9-5-11)26(24,25)12-3-2-7-20-13(12)16/h2-3,7,11H,4-6,8-10H2,1H3. The second-order valence-electron chi connectivity index (χ2n) is 6.10. The Balaban J connectivity index is 1.96. The summed E-state index contributed by atoms with van der Waals surface area (Å²) in [6.45, 7) is -0.222. The first-order chi connectivity index (χ1) is 12.0. The highest BCUT2D eigenvalue weighted by molar-refractivity contribution is 7.89. The van der Waals surface area contributed by atoms with Crippen LogP contribution in [0.2, 0.25) is 5.15 Å². The monoisotopic (exact) mass is 413 g/mol. The summed E-state index contributed by atoms with van der Waals surface area (Å²) in [7, 11) is -2.50. The van der Waals surface area contributed by atoms with Gasteiger partial charge in [-0.3, -0.25) is 4.79 Å². The smallest absolute Gasteiger partial charge is 0.345 e. The molecule has 0 aromatic carbocycles. The van der Waals surface area contributed by atoms with Crippen molar-refractivity contribution in [2.24, 2.45) is 5.92 Å². The van der Waals surface area contributed by atoms with E-state index in [0.29, 0.717) is 0 Å². The lowest BCUT2D eigenvalue weighted by atomic mass is 9.96. The van der Waals surface area contributed by atoms with Crippen molar-refractivity contribution in [2.75, 3.05) is 26.7 Å². The fraction of sp³-hybridized carbons (Fsp3) is 0.600. The first-order valence-electron chi connectivity index (χ1n) is 7.95. The number of carbonyl (C=O) groups excluding carboxylic acids is 1. The third kappa shape index (κ3) is 5.08. The van der Waals surface area contributed by atoms with Crippen molar-refractivity contribution in [2.45, 2.75) is 30.3 Å². The third-order valence-corrected chi connectivity index (χ3v) is 6.60. The Morgan fingerprint density at radius 3 is 2.54 bits per heavy atom. The highest BCUT2D eigenvalue weighted by Gasteiger charge is 2.35. The number of rotatable bonds is 5. The van der Waals surface area contributed by atoms with Gasteiger partial charge in [0, 0.05) is 38.8 Å². The van der Waals surface area contributed by atoms with E-state index in [4.69, 9.17) is 11.6 Å². The van der Waals surface area contributed by atoms with Gasteiger partial charge in [0.15, 0.2) is 0 Å². The van der Waals surface area contributed by atoms with Crippen LogP contribution >= 0.6 is 11.6 Å². The highest BCUT2D eigenvalue weighted by atomic mass is 35.5. The largest absolute Gasteiger partial charge is 0.390 e. The molecule has 146 valence electrons. The number of hydrogen-bond donors (Lipinski definition) is 0. The molecule has 11 heteroatoms. The van der Waals surface area contributed by atoms with Crippen LogP contribution in [0.25, 0.3) is 0 Å². The summed E-state index contributed by atoms with van der Waals surface area (Å²) >= 11 is 5.85. The van der Waals surface area contributed by atoms with Gasteiger partial charge in [-0.15, -0.1) is 0 Å². The molecule has 1 aliphatic rings. The molecule has 6 nitrogen and oxygen atoms in total. The molecule has 26 heavy (non-hydrogen) atoms. The zero-order valence-corrected chi connectivity index (χ0v) is 15.6. The molecule has 0 aliphatic carbocycles. The van der Waals surface area contributed by atoms with E-state index < -0.39 is 41.0 Å². The number of nitrogens with zero attached hydrogens (tertiary/aromatic N) is 3. The first kappa shape index (κ1) is 20.9. The molecule has 1 aromatic rings. The summed E-state index contributed by atoms with van der Waals surface area (Å²) < 4.78 is 63.3. The lowest BCUT2D eigenvalue weighted by Gasteiger charge is -2.32. The van der Waals surface area contributed by atoms with Crippen molar-refractivity contribution in [1.29, 1.82) is 0 Å². The minimum Gasteiger partial charge on any atom is -0.345 e. The fourth-order valence-corrected chi connectivity index (χ4v) is 4.66. The summed E-state index contributed by atoms with van der Waals surface area (Å²) in [6, 6.07) is 2.82. The van der Waals surface area contributed by atoms with Crippen molar-refractivity contribution in [3.63, 3.8) is 0 Å². The molecule has 0 bridgehead atoms. The number of amides is 1. The third-order valence-electron chi connectivity index (χ3n) is 4.25. The maximum Gasteiger partial charge on any atom is 0.390 e. The van der Waals surface area contributed by atoms with Gasteiger partial charge < -0.3 is 4.90 Å². The molecule has 0 saturated carbocycles. The molecule has 0 spiro atoms. The van der Waals surface area contributed by atoms with E-state index in [-0.39, 0.29) is 36.0 Å². The minimum atomic E-state index is -4.32. The number of aromatic nitrogens is 1. The van der Waals surface area contributed by atoms with Crippen LogP contribution in [0.15, 0.2) is 23.2 Å². The van der Waals surface area contributed by atoms with Crippen LogP contribution in [0.3, 0.4) is 0 Å². The van der Waals surface area contributed by atoms with Gasteiger partial charge in [-0.05, 0) is 25.0 Å². The van der Waals surface area contributed by atoms with E-state index in [2.05, 4.69) is 4.98 Å². The van der Waals surface area contributed by atoms with E-state index in [0.717, 1.165) is 4.90 Å². The molecule has 1 aliphatic heterocycles. The van der Waals surface area contributed by atoms with Gasteiger partial charge in [0.05, 0.1) is 6.42 Å². The van der Waals surface area contributed by atoms with Crippen LogP contribution in [-0.2, 0) is 14.8 Å². The maximum absolute atomic E-state index is 12.6. The van der Waals surface area contributed by atoms with Crippen LogP contribution < -0.4 is 0 Å². The molecule has 1 amide bonds. The molecule has 2 rings (SSSR count). The number of sulfonamides is 1. The van der Waals surface area contributed by atoms with Gasteiger partial charge >= 0.3 is 6.18 Å². The minimum absolute atomic E-state index is 0.0943. The van der Waals surface area contributed by atoms with E-state index in [1.54, 1.807) is 0 Å². The van der Waals surface area contributed by atoms with Crippen LogP contribution in [0, 0.1) is 5.92 Å². The van der Waals surface area contributed by atoms with E-state index in [9.17, 15) is 26.4 Å². The average molecular weight is 414 g/mol. The van der Waals surface area contributed by atoms with Crippen molar-refractivity contribution >= 4 is 27.5 Å². The van der Waals surface area contributed by atoms with Gasteiger partial charge in [-0.25, -0.2) is 13.4 Å². The summed E-state index contributed by atoms with van der Waals surface area (Å²) in [5.74, 6) is -0.894. The second-order valence-corrected chi connectivity index (χ2v) is 8.36. The number of hydrogen-bond acceptors (Lipinski definition) is 4. The van der Waals surface area contributed by atoms with Gasteiger partial charge in [-0.1, -0.05) is 11.6 Å². The first-order valence-corrected chi connectivity index (χ1v) is 9.76. The molecule has 0 radical (unpaired) electrons. The van der Waals surface area contributed by atoms with Crippen LogP contribution in [0.4, 0.5) is 13.2 Å². The Bertz CT molecular complexity index is 750. The SMILES string of the molecule is CN(CCC(F)(F)F)C(=O)C1CCN(S(=O)(=O)c2cccnc2Cl)CC1. The number of halogens is 4. The molecule has 1 aromatic heterocycles. The van der Waals surface area contributed by atoms with Gasteiger partial charge in [-0.2, -0.15) is 17.5 Å². The summed E-state index contributed by atoms with van der Waals surface area (Å²) in [5, 5.41) is -0.127. The van der Waals surface area contributed by atoms with Crippen LogP contribution in [0.1, 0.15) is 19.3 Å². The van der Waals surface area contributed by atoms with Gasteiger partial charge in [0.1, 0.15) is 10.0 Å². The summed E-state index contributed by atoms with van der Waals surface area (Å²) in [5.41, 5.74) is 0. The predicted molar refractivity (Wildman–Crippen MR) is 89.0 cm³/mol. The normalized spacial score (nSPS) is 17.3. The predicted octanol–water partition coefficient (Wildman–Crippen LogP) is 2.55. The van der Waals surface area contributed by atoms with Gasteiger partial charge in [0.2, 0.25) is 15.9 Å². The van der Waals surface area contributed by atoms with Crippen molar-refractivity contribution in [3.8, 4) is 0 Å².